The fourth-order valence-corrected chi connectivity index (χ4v) is 4.29. The molecule has 6 heteroatoms. The molecule has 2 aliphatic rings. The highest BCUT2D eigenvalue weighted by Gasteiger charge is 2.31. The second-order valence-electron chi connectivity index (χ2n) is 7.26. The minimum atomic E-state index is 0.0168. The Kier molecular flexibility index (Phi) is 5.89. The van der Waals surface area contributed by atoms with Gasteiger partial charge >= 0.3 is 0 Å². The number of amides is 2. The van der Waals surface area contributed by atoms with Gasteiger partial charge in [-0.2, -0.15) is 0 Å². The van der Waals surface area contributed by atoms with Crippen LogP contribution in [0.4, 0.5) is 0 Å². The average Bonchev–Trinajstić information content (AvgIpc) is 3.04. The lowest BCUT2D eigenvalue weighted by Gasteiger charge is -2.37. The van der Waals surface area contributed by atoms with Gasteiger partial charge in [0.2, 0.25) is 11.8 Å². The summed E-state index contributed by atoms with van der Waals surface area (Å²) in [6.07, 6.45) is 7.27. The third-order valence-electron chi connectivity index (χ3n) is 5.16. The molecule has 0 aliphatic carbocycles. The van der Waals surface area contributed by atoms with E-state index in [9.17, 15) is 9.59 Å². The van der Waals surface area contributed by atoms with Gasteiger partial charge in [0.1, 0.15) is 0 Å². The fraction of sp³-hybridized carbons (Fsp3) is 0.632. The summed E-state index contributed by atoms with van der Waals surface area (Å²) in [7, 11) is 0. The lowest BCUT2D eigenvalue weighted by Crippen LogP contribution is -2.46. The third-order valence-corrected chi connectivity index (χ3v) is 5.95. The van der Waals surface area contributed by atoms with E-state index < -0.39 is 0 Å². The summed E-state index contributed by atoms with van der Waals surface area (Å²) in [5, 5.41) is 2.95. The van der Waals surface area contributed by atoms with Crippen LogP contribution >= 0.6 is 11.3 Å². The van der Waals surface area contributed by atoms with E-state index >= 15 is 0 Å². The highest BCUT2D eigenvalue weighted by Crippen LogP contribution is 2.23. The van der Waals surface area contributed by atoms with Crippen LogP contribution in [0, 0.1) is 18.8 Å². The number of thiazole rings is 1. The molecule has 2 fully saturated rings. The number of carbonyl (C=O) groups excluding carboxylic acids is 2. The first-order valence-corrected chi connectivity index (χ1v) is 10.1. The topological polar surface area (TPSA) is 53.5 Å². The quantitative estimate of drug-likeness (QED) is 0.778. The van der Waals surface area contributed by atoms with Crippen molar-refractivity contribution < 1.29 is 9.59 Å². The predicted molar refractivity (Wildman–Crippen MR) is 100 cm³/mol. The number of nitrogens with zero attached hydrogens (tertiary/aromatic N) is 3. The first kappa shape index (κ1) is 18.1. The van der Waals surface area contributed by atoms with Crippen LogP contribution in [0.3, 0.4) is 0 Å². The van der Waals surface area contributed by atoms with E-state index in [1.54, 1.807) is 23.5 Å². The van der Waals surface area contributed by atoms with Crippen molar-refractivity contribution in [3.05, 3.63) is 22.2 Å². The molecule has 2 saturated heterocycles. The van der Waals surface area contributed by atoms with Crippen molar-refractivity contribution in [3.63, 3.8) is 0 Å². The van der Waals surface area contributed by atoms with E-state index in [4.69, 9.17) is 0 Å². The van der Waals surface area contributed by atoms with Crippen molar-refractivity contribution in [3.8, 4) is 0 Å². The lowest BCUT2D eigenvalue weighted by atomic mass is 9.92. The maximum absolute atomic E-state index is 12.7. The number of hydrogen-bond acceptors (Lipinski definition) is 4. The molecule has 2 aliphatic heterocycles. The zero-order valence-electron chi connectivity index (χ0n) is 15.1. The number of aryl methyl sites for hydroxylation is 1. The van der Waals surface area contributed by atoms with Crippen molar-refractivity contribution in [1.82, 2.24) is 14.8 Å². The normalized spacial score (nSPS) is 22.6. The Balaban J connectivity index is 1.48. The van der Waals surface area contributed by atoms with Crippen LogP contribution in [-0.2, 0) is 9.59 Å². The fourth-order valence-electron chi connectivity index (χ4n) is 3.71. The Morgan fingerprint density at radius 2 is 1.96 bits per heavy atom. The van der Waals surface area contributed by atoms with Crippen molar-refractivity contribution in [1.29, 1.82) is 0 Å². The van der Waals surface area contributed by atoms with Crippen molar-refractivity contribution in [2.75, 3.05) is 26.2 Å². The van der Waals surface area contributed by atoms with Gasteiger partial charge in [-0.1, -0.05) is 6.92 Å². The number of carbonyl (C=O) groups is 2. The predicted octanol–water partition coefficient (Wildman–Crippen LogP) is 2.96. The lowest BCUT2D eigenvalue weighted by molar-refractivity contribution is -0.140. The molecule has 3 rings (SSSR count). The minimum Gasteiger partial charge on any atom is -0.342 e. The van der Waals surface area contributed by atoms with Crippen LogP contribution < -0.4 is 0 Å². The van der Waals surface area contributed by atoms with Crippen molar-refractivity contribution in [2.24, 2.45) is 11.8 Å². The van der Waals surface area contributed by atoms with Crippen LogP contribution in [0.5, 0.6) is 0 Å². The highest BCUT2D eigenvalue weighted by atomic mass is 32.1. The van der Waals surface area contributed by atoms with Crippen LogP contribution in [0.15, 0.2) is 11.5 Å². The molecule has 1 aromatic heterocycles. The average molecular weight is 362 g/mol. The van der Waals surface area contributed by atoms with Crippen LogP contribution in [0.2, 0.25) is 0 Å². The van der Waals surface area contributed by atoms with E-state index in [-0.39, 0.29) is 11.8 Å². The summed E-state index contributed by atoms with van der Waals surface area (Å²) in [5.74, 6) is 1.01. The van der Waals surface area contributed by atoms with Crippen LogP contribution in [0.25, 0.3) is 6.08 Å². The van der Waals surface area contributed by atoms with Crippen molar-refractivity contribution in [2.45, 2.75) is 39.5 Å². The summed E-state index contributed by atoms with van der Waals surface area (Å²) in [5.41, 5.74) is 0.833. The second-order valence-corrected chi connectivity index (χ2v) is 8.32. The Morgan fingerprint density at radius 1 is 1.20 bits per heavy atom. The van der Waals surface area contributed by atoms with Gasteiger partial charge in [-0.3, -0.25) is 9.59 Å². The molecule has 136 valence electrons. The SMILES string of the molecule is Cc1nc(/C=C/C(=O)N2CCC(C(=O)N3CCCC(C)C3)CC2)cs1. The zero-order valence-corrected chi connectivity index (χ0v) is 15.9. The van der Waals surface area contributed by atoms with Gasteiger partial charge in [-0.05, 0) is 44.6 Å². The molecular weight excluding hydrogens is 334 g/mol. The van der Waals surface area contributed by atoms with Crippen molar-refractivity contribution >= 4 is 29.2 Å². The van der Waals surface area contributed by atoms with E-state index in [0.717, 1.165) is 43.1 Å². The largest absolute Gasteiger partial charge is 0.342 e. The number of piperidine rings is 2. The highest BCUT2D eigenvalue weighted by molar-refractivity contribution is 7.09. The molecule has 25 heavy (non-hydrogen) atoms. The summed E-state index contributed by atoms with van der Waals surface area (Å²) < 4.78 is 0. The van der Waals surface area contributed by atoms with Crippen LogP contribution in [0.1, 0.15) is 43.3 Å². The standard InChI is InChI=1S/C19H27N3O2S/c1-14-4-3-9-22(12-14)19(24)16-7-10-21(11-8-16)18(23)6-5-17-13-25-15(2)20-17/h5-6,13-14,16H,3-4,7-12H2,1-2H3/b6-5+. The molecular formula is C19H27N3O2S. The van der Waals surface area contributed by atoms with Gasteiger partial charge in [-0.25, -0.2) is 4.98 Å². The van der Waals surface area contributed by atoms with Gasteiger partial charge in [0.05, 0.1) is 10.7 Å². The smallest absolute Gasteiger partial charge is 0.246 e. The van der Waals surface area contributed by atoms with E-state index in [0.29, 0.717) is 24.9 Å². The summed E-state index contributed by atoms with van der Waals surface area (Å²) in [6.45, 7) is 7.30. The monoisotopic (exact) mass is 361 g/mol. The number of likely N-dealkylation sites (tertiary alicyclic amines) is 2. The minimum absolute atomic E-state index is 0.0168. The molecule has 5 nitrogen and oxygen atoms in total. The van der Waals surface area contributed by atoms with Gasteiger partial charge in [0, 0.05) is 43.6 Å². The molecule has 0 radical (unpaired) electrons. The van der Waals surface area contributed by atoms with E-state index in [1.165, 1.54) is 6.42 Å². The maximum atomic E-state index is 12.7. The third kappa shape index (κ3) is 4.69. The summed E-state index contributed by atoms with van der Waals surface area (Å²) >= 11 is 1.58. The van der Waals surface area contributed by atoms with Crippen LogP contribution in [-0.4, -0.2) is 52.8 Å². The van der Waals surface area contributed by atoms with Gasteiger partial charge in [0.15, 0.2) is 0 Å². The first-order valence-electron chi connectivity index (χ1n) is 9.21. The van der Waals surface area contributed by atoms with E-state index in [1.807, 2.05) is 22.1 Å². The Morgan fingerprint density at radius 3 is 2.60 bits per heavy atom. The number of rotatable bonds is 3. The molecule has 0 spiro atoms. The van der Waals surface area contributed by atoms with Gasteiger partial charge in [-0.15, -0.1) is 11.3 Å². The second kappa shape index (κ2) is 8.13. The molecule has 1 unspecified atom stereocenters. The molecule has 1 atom stereocenters. The first-order chi connectivity index (χ1) is 12.0. The Hall–Kier alpha value is -1.69. The zero-order chi connectivity index (χ0) is 17.8. The maximum Gasteiger partial charge on any atom is 0.246 e. The Bertz CT molecular complexity index is 647. The Labute approximate surface area is 153 Å². The molecule has 0 saturated carbocycles. The molecule has 2 amide bonds. The molecule has 0 aromatic carbocycles. The molecule has 1 aromatic rings. The summed E-state index contributed by atoms with van der Waals surface area (Å²) in [4.78, 5) is 33.2. The molecule has 3 heterocycles. The van der Waals surface area contributed by atoms with Gasteiger partial charge < -0.3 is 9.80 Å². The molecule has 0 bridgehead atoms. The number of aromatic nitrogens is 1. The number of hydrogen-bond donors (Lipinski definition) is 0. The summed E-state index contributed by atoms with van der Waals surface area (Å²) in [6, 6.07) is 0. The molecule has 0 N–H and O–H groups in total. The van der Waals surface area contributed by atoms with E-state index in [2.05, 4.69) is 11.9 Å². The van der Waals surface area contributed by atoms with Gasteiger partial charge in [0.25, 0.3) is 0 Å².